The van der Waals surface area contributed by atoms with Crippen LogP contribution in [0.1, 0.15) is 72.6 Å². The molecule has 4 aromatic rings. The molecule has 9 nitrogen and oxygen atoms in total. The van der Waals surface area contributed by atoms with Crippen LogP contribution in [0, 0.1) is 23.2 Å². The number of aryl methyl sites for hydroxylation is 1. The highest BCUT2D eigenvalue weighted by Gasteiger charge is 2.41. The molecule has 0 radical (unpaired) electrons. The lowest BCUT2D eigenvalue weighted by atomic mass is 9.94. The van der Waals surface area contributed by atoms with Gasteiger partial charge in [0, 0.05) is 37.8 Å². The van der Waals surface area contributed by atoms with E-state index in [1.807, 2.05) is 27.0 Å². The largest absolute Gasteiger partial charge is 0.416 e. The molecule has 250 valence electrons. The summed E-state index contributed by atoms with van der Waals surface area (Å²) in [5.41, 5.74) is 2.09. The van der Waals surface area contributed by atoms with Crippen LogP contribution in [0.4, 0.5) is 24.8 Å². The molecule has 1 atom stereocenters. The van der Waals surface area contributed by atoms with Crippen molar-refractivity contribution < 1.29 is 18.0 Å². The molecule has 6 rings (SSSR count). The Kier molecular flexibility index (Phi) is 9.25. The average Bonchev–Trinajstić information content (AvgIpc) is 3.65. The van der Waals surface area contributed by atoms with E-state index >= 15 is 0 Å². The van der Waals surface area contributed by atoms with Gasteiger partial charge in [0.1, 0.15) is 18.0 Å². The number of likely N-dealkylation sites (tertiary alicyclic amines) is 1. The van der Waals surface area contributed by atoms with Crippen LogP contribution in [0.2, 0.25) is 0 Å². The van der Waals surface area contributed by atoms with Crippen molar-refractivity contribution in [3.05, 3.63) is 76.6 Å². The minimum absolute atomic E-state index is 0.0449. The fourth-order valence-corrected chi connectivity index (χ4v) is 6.67. The predicted molar refractivity (Wildman–Crippen MR) is 178 cm³/mol. The van der Waals surface area contributed by atoms with E-state index in [1.165, 1.54) is 11.0 Å². The Bertz CT molecular complexity index is 1880. The molecular formula is C36H39F3N8O. The minimum Gasteiger partial charge on any atom is -0.370 e. The normalized spacial score (nSPS) is 16.8. The third kappa shape index (κ3) is 6.78. The maximum atomic E-state index is 14.6. The van der Waals surface area contributed by atoms with Gasteiger partial charge in [0.15, 0.2) is 5.82 Å². The molecule has 4 heterocycles. The quantitative estimate of drug-likeness (QED) is 0.202. The summed E-state index contributed by atoms with van der Waals surface area (Å²) in [5.74, 6) is 1.50. The molecular weight excluding hydrogens is 617 g/mol. The molecule has 2 aliphatic rings. The van der Waals surface area contributed by atoms with Crippen molar-refractivity contribution in [2.24, 2.45) is 18.9 Å². The van der Waals surface area contributed by atoms with Gasteiger partial charge in [-0.25, -0.2) is 4.98 Å². The molecule has 48 heavy (non-hydrogen) atoms. The van der Waals surface area contributed by atoms with E-state index in [0.717, 1.165) is 32.4 Å². The summed E-state index contributed by atoms with van der Waals surface area (Å²) < 4.78 is 45.5. The first-order chi connectivity index (χ1) is 22.9. The molecule has 0 aliphatic carbocycles. The van der Waals surface area contributed by atoms with E-state index in [2.05, 4.69) is 33.4 Å². The Morgan fingerprint density at radius 2 is 1.92 bits per heavy atom. The zero-order chi connectivity index (χ0) is 34.2. The first kappa shape index (κ1) is 33.2. The monoisotopic (exact) mass is 656 g/mol. The summed E-state index contributed by atoms with van der Waals surface area (Å²) in [4.78, 5) is 22.3. The second-order valence-corrected chi connectivity index (χ2v) is 13.2. The van der Waals surface area contributed by atoms with E-state index in [1.54, 1.807) is 41.2 Å². The van der Waals surface area contributed by atoms with Crippen molar-refractivity contribution in [1.82, 2.24) is 24.6 Å². The summed E-state index contributed by atoms with van der Waals surface area (Å²) in [5, 5.41) is 21.3. The van der Waals surface area contributed by atoms with E-state index in [4.69, 9.17) is 4.98 Å². The van der Waals surface area contributed by atoms with Crippen LogP contribution in [0.3, 0.4) is 0 Å². The first-order valence-electron chi connectivity index (χ1n) is 16.4. The van der Waals surface area contributed by atoms with Crippen molar-refractivity contribution in [3.63, 3.8) is 0 Å². The van der Waals surface area contributed by atoms with Gasteiger partial charge >= 0.3 is 6.18 Å². The molecule has 1 fully saturated rings. The second-order valence-electron chi connectivity index (χ2n) is 13.2. The van der Waals surface area contributed by atoms with E-state index in [9.17, 15) is 23.2 Å². The molecule has 0 saturated carbocycles. The van der Waals surface area contributed by atoms with Gasteiger partial charge in [0.25, 0.3) is 5.91 Å². The molecule has 1 saturated heterocycles. The number of carbonyl (C=O) groups excluding carboxylic acids is 1. The van der Waals surface area contributed by atoms with Gasteiger partial charge in [-0.1, -0.05) is 27.2 Å². The number of anilines is 2. The van der Waals surface area contributed by atoms with Gasteiger partial charge in [0.2, 0.25) is 0 Å². The summed E-state index contributed by atoms with van der Waals surface area (Å²) in [7, 11) is 1.81. The molecule has 2 aromatic carbocycles. The van der Waals surface area contributed by atoms with Crippen molar-refractivity contribution in [2.75, 3.05) is 29.9 Å². The molecule has 1 unspecified atom stereocenters. The number of nitrogens with one attached hydrogen (secondary N) is 1. The average molecular weight is 657 g/mol. The summed E-state index contributed by atoms with van der Waals surface area (Å²) >= 11 is 0. The highest BCUT2D eigenvalue weighted by Crippen LogP contribution is 2.41. The Morgan fingerprint density at radius 3 is 2.60 bits per heavy atom. The highest BCUT2D eigenvalue weighted by atomic mass is 19.4. The number of nitriles is 1. The van der Waals surface area contributed by atoms with Gasteiger partial charge < -0.3 is 9.88 Å². The van der Waals surface area contributed by atoms with Crippen LogP contribution >= 0.6 is 0 Å². The Morgan fingerprint density at radius 1 is 1.10 bits per heavy atom. The highest BCUT2D eigenvalue weighted by molar-refractivity contribution is 6.10. The number of hydrogen-bond donors (Lipinski definition) is 1. The number of nitrogens with zero attached hydrogens (tertiary/aromatic N) is 7. The molecule has 2 aliphatic heterocycles. The SMILES string of the molecule is CCC1CCCN(Cc2cc3c(c(C(F)(F)F)c2)CN(c2cc(-c4cc(C#N)ccc4-c4nncn4C)cc(NCC(C)C)n2)C3=O)C1. The topological polar surface area (TPSA) is 103 Å². The van der Waals surface area contributed by atoms with Crippen LogP contribution in [0.5, 0.6) is 0 Å². The molecule has 0 spiro atoms. The summed E-state index contributed by atoms with van der Waals surface area (Å²) in [6.45, 7) is 8.56. The zero-order valence-electron chi connectivity index (χ0n) is 27.6. The number of benzene rings is 2. The van der Waals surface area contributed by atoms with Crippen LogP contribution in [0.25, 0.3) is 22.5 Å². The van der Waals surface area contributed by atoms with E-state index in [-0.39, 0.29) is 29.4 Å². The number of halogens is 3. The van der Waals surface area contributed by atoms with Gasteiger partial charge in [-0.05, 0) is 95.9 Å². The summed E-state index contributed by atoms with van der Waals surface area (Å²) in [6, 6.07) is 13.7. The maximum absolute atomic E-state index is 14.6. The van der Waals surface area contributed by atoms with E-state index in [0.29, 0.717) is 58.5 Å². The van der Waals surface area contributed by atoms with Gasteiger partial charge in [-0.15, -0.1) is 10.2 Å². The van der Waals surface area contributed by atoms with Crippen LogP contribution < -0.4 is 10.2 Å². The Balaban J connectivity index is 1.43. The summed E-state index contributed by atoms with van der Waals surface area (Å²) in [6.07, 6.45) is 0.104. The van der Waals surface area contributed by atoms with Crippen molar-refractivity contribution >= 4 is 17.5 Å². The second kappa shape index (κ2) is 13.4. The number of piperidine rings is 1. The van der Waals surface area contributed by atoms with Crippen molar-refractivity contribution in [3.8, 4) is 28.6 Å². The van der Waals surface area contributed by atoms with Gasteiger partial charge in [-0.2, -0.15) is 18.4 Å². The fraction of sp³-hybridized carbons (Fsp3) is 0.417. The molecule has 12 heteroatoms. The van der Waals surface area contributed by atoms with Gasteiger partial charge in [0.05, 0.1) is 23.7 Å². The van der Waals surface area contributed by atoms with Crippen molar-refractivity contribution in [1.29, 1.82) is 5.26 Å². The van der Waals surface area contributed by atoms with Crippen molar-refractivity contribution in [2.45, 2.75) is 59.3 Å². The molecule has 1 N–H and O–H groups in total. The lowest BCUT2D eigenvalue weighted by molar-refractivity contribution is -0.138. The standard InChI is InChI=1S/C36H39F3N8O/c1-5-23-7-6-10-46(18-23)19-25-12-29-30(31(13-25)36(37,38)39)20-47(35(29)48)33-15-26(14-32(43-33)41-17-22(2)3)28-11-24(16-40)8-9-27(28)34-44-42-21-45(34)4/h8-9,11-15,21-23H,5-7,10,17-20H2,1-4H3,(H,41,43). The molecule has 2 aromatic heterocycles. The Hall–Kier alpha value is -4.76. The molecule has 0 bridgehead atoms. The smallest absolute Gasteiger partial charge is 0.370 e. The van der Waals surface area contributed by atoms with E-state index < -0.39 is 17.6 Å². The number of rotatable bonds is 9. The number of fused-ring (bicyclic) bond motifs is 1. The van der Waals surface area contributed by atoms with Crippen LogP contribution in [-0.4, -0.2) is 50.2 Å². The predicted octanol–water partition coefficient (Wildman–Crippen LogP) is 7.28. The maximum Gasteiger partial charge on any atom is 0.416 e. The Labute approximate surface area is 278 Å². The number of pyridine rings is 1. The number of alkyl halides is 3. The van der Waals surface area contributed by atoms with Gasteiger partial charge in [-0.3, -0.25) is 14.6 Å². The number of carbonyl (C=O) groups is 1. The zero-order valence-corrected chi connectivity index (χ0v) is 27.6. The lowest BCUT2D eigenvalue weighted by Gasteiger charge is -2.32. The molecule has 1 amide bonds. The fourth-order valence-electron chi connectivity index (χ4n) is 6.67. The van der Waals surface area contributed by atoms with Crippen LogP contribution in [-0.2, 0) is 26.3 Å². The third-order valence-electron chi connectivity index (χ3n) is 9.19. The minimum atomic E-state index is -4.63. The number of hydrogen-bond acceptors (Lipinski definition) is 7. The van der Waals surface area contributed by atoms with Crippen LogP contribution in [0.15, 0.2) is 48.8 Å². The lowest BCUT2D eigenvalue weighted by Crippen LogP contribution is -2.34. The number of aromatic nitrogens is 4. The first-order valence-corrected chi connectivity index (χ1v) is 16.4. The third-order valence-corrected chi connectivity index (χ3v) is 9.19. The number of amides is 1.